The molecule has 2 aromatic carbocycles. The summed E-state index contributed by atoms with van der Waals surface area (Å²) >= 11 is 0. The molecular formula is C23H23N5O. The number of fused-ring (bicyclic) bond motifs is 1. The summed E-state index contributed by atoms with van der Waals surface area (Å²) in [4.78, 5) is 21.1. The van der Waals surface area contributed by atoms with Gasteiger partial charge < -0.3 is 5.73 Å². The lowest BCUT2D eigenvalue weighted by atomic mass is 10.0. The van der Waals surface area contributed by atoms with Crippen molar-refractivity contribution in [1.82, 2.24) is 19.7 Å². The van der Waals surface area contributed by atoms with E-state index >= 15 is 0 Å². The number of rotatable bonds is 6. The van der Waals surface area contributed by atoms with Crippen LogP contribution in [0.15, 0.2) is 54.9 Å². The molecule has 0 aliphatic heterocycles. The van der Waals surface area contributed by atoms with Crippen molar-refractivity contribution in [2.24, 2.45) is 0 Å². The standard InChI is InChI=1S/C23H23N5O/c1-15-11-22(24)26-16(2)20(15)9-10-21(29)23-25-14-28(27-23)13-17-7-8-18-5-3-4-6-19(18)12-17/h3-8,11-12,14H,9-10,13H2,1-2H3,(H2,24,26). The Hall–Kier alpha value is -3.54. The van der Waals surface area contributed by atoms with Crippen molar-refractivity contribution in [3.63, 3.8) is 0 Å². The highest BCUT2D eigenvalue weighted by atomic mass is 16.1. The van der Waals surface area contributed by atoms with Crippen molar-refractivity contribution in [3.05, 3.63) is 83.1 Å². The number of nitrogens with zero attached hydrogens (tertiary/aromatic N) is 4. The lowest BCUT2D eigenvalue weighted by molar-refractivity contribution is 0.0972. The summed E-state index contributed by atoms with van der Waals surface area (Å²) in [5, 5.41) is 6.76. The number of nitrogens with two attached hydrogens (primary N) is 1. The van der Waals surface area contributed by atoms with E-state index in [1.54, 1.807) is 11.0 Å². The van der Waals surface area contributed by atoms with Crippen LogP contribution in [0.3, 0.4) is 0 Å². The smallest absolute Gasteiger partial charge is 0.217 e. The molecule has 0 bridgehead atoms. The molecule has 6 nitrogen and oxygen atoms in total. The van der Waals surface area contributed by atoms with Gasteiger partial charge in [0.1, 0.15) is 12.1 Å². The highest BCUT2D eigenvalue weighted by Crippen LogP contribution is 2.18. The molecule has 0 saturated carbocycles. The number of Topliss-reactive ketones (excluding diaryl/α,β-unsaturated/α-hetero) is 1. The van der Waals surface area contributed by atoms with Gasteiger partial charge in [0.15, 0.2) is 0 Å². The lowest BCUT2D eigenvalue weighted by Gasteiger charge is -2.09. The monoisotopic (exact) mass is 385 g/mol. The van der Waals surface area contributed by atoms with Gasteiger partial charge in [-0.15, -0.1) is 5.10 Å². The molecule has 0 spiro atoms. The quantitative estimate of drug-likeness (QED) is 0.509. The molecule has 0 aliphatic carbocycles. The summed E-state index contributed by atoms with van der Waals surface area (Å²) in [7, 11) is 0. The first-order valence-corrected chi connectivity index (χ1v) is 9.62. The second kappa shape index (κ2) is 7.83. The Morgan fingerprint density at radius 1 is 1.07 bits per heavy atom. The molecular weight excluding hydrogens is 362 g/mol. The maximum absolute atomic E-state index is 12.6. The van der Waals surface area contributed by atoms with Crippen LogP contribution in [0, 0.1) is 13.8 Å². The first-order valence-electron chi connectivity index (χ1n) is 9.62. The molecule has 0 unspecified atom stereocenters. The normalized spacial score (nSPS) is 11.1. The minimum Gasteiger partial charge on any atom is -0.384 e. The highest BCUT2D eigenvalue weighted by molar-refractivity contribution is 5.92. The van der Waals surface area contributed by atoms with E-state index in [4.69, 9.17) is 5.73 Å². The number of carbonyl (C=O) groups excluding carboxylic acids is 1. The van der Waals surface area contributed by atoms with Crippen molar-refractivity contribution in [2.75, 3.05) is 5.73 Å². The first-order chi connectivity index (χ1) is 14.0. The Kier molecular flexibility index (Phi) is 5.08. The molecule has 4 rings (SSSR count). The van der Waals surface area contributed by atoms with E-state index in [9.17, 15) is 4.79 Å². The van der Waals surface area contributed by atoms with E-state index in [1.807, 2.05) is 32.0 Å². The van der Waals surface area contributed by atoms with Crippen LogP contribution < -0.4 is 5.73 Å². The second-order valence-electron chi connectivity index (χ2n) is 7.30. The predicted octanol–water partition coefficient (Wildman–Crippen LogP) is 3.89. The third-order valence-corrected chi connectivity index (χ3v) is 5.12. The van der Waals surface area contributed by atoms with Gasteiger partial charge in [0.2, 0.25) is 11.6 Å². The Labute approximate surface area is 169 Å². The number of hydrogen-bond donors (Lipinski definition) is 1. The molecule has 29 heavy (non-hydrogen) atoms. The van der Waals surface area contributed by atoms with Crippen molar-refractivity contribution in [2.45, 2.75) is 33.2 Å². The minimum atomic E-state index is -0.0714. The fourth-order valence-corrected chi connectivity index (χ4v) is 3.64. The maximum Gasteiger partial charge on any atom is 0.217 e. The van der Waals surface area contributed by atoms with Crippen LogP contribution >= 0.6 is 0 Å². The summed E-state index contributed by atoms with van der Waals surface area (Å²) < 4.78 is 1.71. The van der Waals surface area contributed by atoms with Crippen LogP contribution in [-0.4, -0.2) is 25.5 Å². The zero-order valence-corrected chi connectivity index (χ0v) is 16.6. The van der Waals surface area contributed by atoms with Crippen molar-refractivity contribution >= 4 is 22.4 Å². The van der Waals surface area contributed by atoms with E-state index in [-0.39, 0.29) is 11.6 Å². The molecule has 146 valence electrons. The molecule has 0 atom stereocenters. The third-order valence-electron chi connectivity index (χ3n) is 5.12. The largest absolute Gasteiger partial charge is 0.384 e. The number of nitrogen functional groups attached to an aromatic ring is 1. The van der Waals surface area contributed by atoms with Crippen LogP contribution in [-0.2, 0) is 13.0 Å². The predicted molar refractivity (Wildman–Crippen MR) is 114 cm³/mol. The molecule has 6 heteroatoms. The first kappa shape index (κ1) is 18.8. The number of aromatic nitrogens is 4. The number of anilines is 1. The van der Waals surface area contributed by atoms with Gasteiger partial charge in [0.05, 0.1) is 6.54 Å². The van der Waals surface area contributed by atoms with Crippen LogP contribution in [0.2, 0.25) is 0 Å². The van der Waals surface area contributed by atoms with Gasteiger partial charge in [-0.2, -0.15) is 0 Å². The van der Waals surface area contributed by atoms with Crippen molar-refractivity contribution in [1.29, 1.82) is 0 Å². The number of carbonyl (C=O) groups is 1. The zero-order chi connectivity index (χ0) is 20.4. The van der Waals surface area contributed by atoms with E-state index in [0.717, 1.165) is 22.4 Å². The molecule has 0 aliphatic rings. The van der Waals surface area contributed by atoms with E-state index in [1.165, 1.54) is 10.8 Å². The van der Waals surface area contributed by atoms with Crippen LogP contribution in [0.4, 0.5) is 5.82 Å². The Bertz CT molecular complexity index is 1170. The Morgan fingerprint density at radius 3 is 2.66 bits per heavy atom. The zero-order valence-electron chi connectivity index (χ0n) is 16.6. The number of aryl methyl sites for hydroxylation is 2. The molecule has 2 N–H and O–H groups in total. The average Bonchev–Trinajstić information content (AvgIpc) is 3.15. The minimum absolute atomic E-state index is 0.0714. The van der Waals surface area contributed by atoms with E-state index < -0.39 is 0 Å². The summed E-state index contributed by atoms with van der Waals surface area (Å²) in [5.74, 6) is 0.687. The van der Waals surface area contributed by atoms with E-state index in [2.05, 4.69) is 45.4 Å². The molecule has 0 radical (unpaired) electrons. The maximum atomic E-state index is 12.6. The van der Waals surface area contributed by atoms with Crippen molar-refractivity contribution in [3.8, 4) is 0 Å². The van der Waals surface area contributed by atoms with Crippen molar-refractivity contribution < 1.29 is 4.79 Å². The van der Waals surface area contributed by atoms with Crippen LogP contribution in [0.25, 0.3) is 10.8 Å². The summed E-state index contributed by atoms with van der Waals surface area (Å²) in [5.41, 5.74) is 9.87. The summed E-state index contributed by atoms with van der Waals surface area (Å²) in [6.45, 7) is 4.48. The van der Waals surface area contributed by atoms with Gasteiger partial charge in [-0.25, -0.2) is 14.6 Å². The summed E-state index contributed by atoms with van der Waals surface area (Å²) in [6, 6.07) is 16.4. The summed E-state index contributed by atoms with van der Waals surface area (Å²) in [6.07, 6.45) is 2.56. The fourth-order valence-electron chi connectivity index (χ4n) is 3.64. The van der Waals surface area contributed by atoms with Gasteiger partial charge >= 0.3 is 0 Å². The lowest BCUT2D eigenvalue weighted by Crippen LogP contribution is -2.08. The average molecular weight is 385 g/mol. The van der Waals surface area contributed by atoms with Gasteiger partial charge in [0.25, 0.3) is 0 Å². The van der Waals surface area contributed by atoms with Gasteiger partial charge in [-0.05, 0) is 59.9 Å². The molecule has 2 heterocycles. The van der Waals surface area contributed by atoms with E-state index in [0.29, 0.717) is 25.2 Å². The topological polar surface area (TPSA) is 86.7 Å². The number of ketones is 1. The van der Waals surface area contributed by atoms with Gasteiger partial charge in [0, 0.05) is 12.1 Å². The molecule has 0 fully saturated rings. The van der Waals surface area contributed by atoms with Gasteiger partial charge in [-0.1, -0.05) is 36.4 Å². The van der Waals surface area contributed by atoms with Crippen LogP contribution in [0.1, 0.15) is 39.4 Å². The fraction of sp³-hybridized carbons (Fsp3) is 0.217. The Balaban J connectivity index is 1.43. The number of pyridine rings is 1. The molecule has 0 saturated heterocycles. The SMILES string of the molecule is Cc1cc(N)nc(C)c1CCC(=O)c1ncn(Cc2ccc3ccccc3c2)n1. The molecule has 0 amide bonds. The number of benzene rings is 2. The molecule has 4 aromatic rings. The third kappa shape index (κ3) is 4.16. The number of hydrogen-bond acceptors (Lipinski definition) is 5. The van der Waals surface area contributed by atoms with Crippen LogP contribution in [0.5, 0.6) is 0 Å². The van der Waals surface area contributed by atoms with Gasteiger partial charge in [-0.3, -0.25) is 4.79 Å². The Morgan fingerprint density at radius 2 is 1.86 bits per heavy atom. The molecule has 2 aromatic heterocycles. The second-order valence-corrected chi connectivity index (χ2v) is 7.30. The highest BCUT2D eigenvalue weighted by Gasteiger charge is 2.14.